The van der Waals surface area contributed by atoms with Crippen molar-refractivity contribution in [2.24, 2.45) is 0 Å². The molecule has 1 aliphatic heterocycles. The molecule has 0 aliphatic carbocycles. The van der Waals surface area contributed by atoms with Gasteiger partial charge in [-0.05, 0) is 17.7 Å². The van der Waals surface area contributed by atoms with Gasteiger partial charge in [0.05, 0.1) is 13.7 Å². The zero-order valence-electron chi connectivity index (χ0n) is 9.33. The van der Waals surface area contributed by atoms with Gasteiger partial charge in [-0.25, -0.2) is 4.79 Å². The molecule has 0 amide bonds. The fraction of sp³-hybridized carbons (Fsp3) is 0.250. The summed E-state index contributed by atoms with van der Waals surface area (Å²) in [5.74, 6) is 0.0240. The maximum Gasteiger partial charge on any atom is 0.343 e. The maximum atomic E-state index is 11.8. The zero-order chi connectivity index (χ0) is 12.3. The minimum atomic E-state index is -0.434. The third kappa shape index (κ3) is 2.53. The molecule has 17 heavy (non-hydrogen) atoms. The predicted molar refractivity (Wildman–Crippen MR) is 64.3 cm³/mol. The molecule has 0 saturated carbocycles. The normalized spacial score (nSPS) is 17.1. The van der Waals surface area contributed by atoms with E-state index in [2.05, 4.69) is 5.32 Å². The average molecular weight is 254 g/mol. The van der Waals surface area contributed by atoms with Gasteiger partial charge in [-0.3, -0.25) is 0 Å². The highest BCUT2D eigenvalue weighted by Crippen LogP contribution is 2.23. The molecule has 0 unspecified atom stereocenters. The lowest BCUT2D eigenvalue weighted by Gasteiger charge is -2.09. The number of nitrogens with one attached hydrogen (secondary N) is 1. The Hall–Kier alpha value is -1.68. The van der Waals surface area contributed by atoms with Crippen LogP contribution in [0, 0.1) is 0 Å². The van der Waals surface area contributed by atoms with E-state index in [4.69, 9.17) is 21.1 Å². The van der Waals surface area contributed by atoms with E-state index in [0.29, 0.717) is 35.2 Å². The van der Waals surface area contributed by atoms with Crippen LogP contribution in [0.1, 0.15) is 5.56 Å². The molecule has 90 valence electrons. The van der Waals surface area contributed by atoms with Crippen LogP contribution in [0.5, 0.6) is 0 Å². The van der Waals surface area contributed by atoms with Crippen molar-refractivity contribution in [1.82, 2.24) is 5.32 Å². The van der Waals surface area contributed by atoms with Crippen molar-refractivity contribution in [2.45, 2.75) is 0 Å². The fourth-order valence-corrected chi connectivity index (χ4v) is 1.72. The maximum absolute atomic E-state index is 11.8. The number of rotatable bonds is 2. The summed E-state index contributed by atoms with van der Waals surface area (Å²) >= 11 is 5.81. The molecule has 1 saturated heterocycles. The van der Waals surface area contributed by atoms with Crippen molar-refractivity contribution in [2.75, 3.05) is 20.3 Å². The quantitative estimate of drug-likeness (QED) is 0.645. The standard InChI is InChI=1S/C12H12ClNO3/c1-16-12(15)10(11-14-6-7-17-11)8-2-4-9(13)5-3-8/h2-5,14H,6-7H2,1H3/b11-10-. The van der Waals surface area contributed by atoms with Crippen LogP contribution in [-0.2, 0) is 14.3 Å². The van der Waals surface area contributed by atoms with Crippen LogP contribution in [0.4, 0.5) is 0 Å². The largest absolute Gasteiger partial charge is 0.477 e. The third-order valence-corrected chi connectivity index (χ3v) is 2.64. The Morgan fingerprint density at radius 3 is 2.65 bits per heavy atom. The predicted octanol–water partition coefficient (Wildman–Crippen LogP) is 1.80. The number of methoxy groups -OCH3 is 1. The van der Waals surface area contributed by atoms with E-state index in [0.717, 1.165) is 0 Å². The van der Waals surface area contributed by atoms with E-state index in [1.165, 1.54) is 7.11 Å². The molecule has 1 aromatic rings. The lowest BCUT2D eigenvalue weighted by Crippen LogP contribution is -2.13. The highest BCUT2D eigenvalue weighted by atomic mass is 35.5. The van der Waals surface area contributed by atoms with Crippen molar-refractivity contribution in [1.29, 1.82) is 0 Å². The number of hydrogen-bond donors (Lipinski definition) is 1. The van der Waals surface area contributed by atoms with E-state index >= 15 is 0 Å². The third-order valence-electron chi connectivity index (χ3n) is 2.38. The van der Waals surface area contributed by atoms with Crippen LogP contribution in [-0.4, -0.2) is 26.2 Å². The molecule has 0 bridgehead atoms. The number of carbonyl (C=O) groups excluding carboxylic acids is 1. The van der Waals surface area contributed by atoms with Gasteiger partial charge < -0.3 is 14.8 Å². The van der Waals surface area contributed by atoms with Gasteiger partial charge in [0.15, 0.2) is 0 Å². The molecule has 1 aromatic carbocycles. The van der Waals surface area contributed by atoms with E-state index in [1.807, 2.05) is 0 Å². The zero-order valence-corrected chi connectivity index (χ0v) is 10.1. The summed E-state index contributed by atoms with van der Waals surface area (Å²) in [5.41, 5.74) is 1.10. The molecular weight excluding hydrogens is 242 g/mol. The Kier molecular flexibility index (Phi) is 3.54. The SMILES string of the molecule is COC(=O)/C(=C1/NCCO1)c1ccc(Cl)cc1. The summed E-state index contributed by atoms with van der Waals surface area (Å²) in [4.78, 5) is 11.8. The van der Waals surface area contributed by atoms with E-state index < -0.39 is 5.97 Å². The van der Waals surface area contributed by atoms with Crippen molar-refractivity contribution < 1.29 is 14.3 Å². The van der Waals surface area contributed by atoms with Gasteiger partial charge in [-0.15, -0.1) is 0 Å². The molecule has 0 radical (unpaired) electrons. The van der Waals surface area contributed by atoms with E-state index in [9.17, 15) is 4.79 Å². The minimum absolute atomic E-state index is 0.390. The summed E-state index contributed by atoms with van der Waals surface area (Å²) < 4.78 is 10.1. The first-order valence-corrected chi connectivity index (χ1v) is 5.55. The summed E-state index contributed by atoms with van der Waals surface area (Å²) in [7, 11) is 1.34. The second kappa shape index (κ2) is 5.10. The summed E-state index contributed by atoms with van der Waals surface area (Å²) in [6, 6.07) is 6.95. The highest BCUT2D eigenvalue weighted by Gasteiger charge is 2.22. The van der Waals surface area contributed by atoms with Crippen LogP contribution < -0.4 is 5.32 Å². The molecular formula is C12H12ClNO3. The second-order valence-corrected chi connectivity index (χ2v) is 3.91. The molecule has 1 heterocycles. The Labute approximate surface area is 104 Å². The van der Waals surface area contributed by atoms with E-state index in [1.54, 1.807) is 24.3 Å². The van der Waals surface area contributed by atoms with Crippen molar-refractivity contribution in [3.05, 3.63) is 40.7 Å². The topological polar surface area (TPSA) is 47.6 Å². The lowest BCUT2D eigenvalue weighted by atomic mass is 10.1. The highest BCUT2D eigenvalue weighted by molar-refractivity contribution is 6.30. The van der Waals surface area contributed by atoms with Crippen LogP contribution in [0.25, 0.3) is 5.57 Å². The Morgan fingerprint density at radius 2 is 2.12 bits per heavy atom. The van der Waals surface area contributed by atoms with Crippen LogP contribution >= 0.6 is 11.6 Å². The molecule has 1 aliphatic rings. The molecule has 2 rings (SSSR count). The van der Waals surface area contributed by atoms with Gasteiger partial charge in [0.25, 0.3) is 0 Å². The summed E-state index contributed by atoms with van der Waals surface area (Å²) in [5, 5.41) is 3.62. The first kappa shape index (κ1) is 11.8. The van der Waals surface area contributed by atoms with Gasteiger partial charge >= 0.3 is 5.97 Å². The molecule has 0 atom stereocenters. The number of benzene rings is 1. The van der Waals surface area contributed by atoms with E-state index in [-0.39, 0.29) is 0 Å². The van der Waals surface area contributed by atoms with Crippen LogP contribution in [0.2, 0.25) is 5.02 Å². The minimum Gasteiger partial charge on any atom is -0.477 e. The summed E-state index contributed by atoms with van der Waals surface area (Å²) in [6.07, 6.45) is 0. The van der Waals surface area contributed by atoms with Crippen LogP contribution in [0.15, 0.2) is 30.1 Å². The molecule has 0 aromatic heterocycles. The van der Waals surface area contributed by atoms with Gasteiger partial charge in [0.2, 0.25) is 5.88 Å². The molecule has 5 heteroatoms. The van der Waals surface area contributed by atoms with Gasteiger partial charge in [0, 0.05) is 5.02 Å². The van der Waals surface area contributed by atoms with Gasteiger partial charge in [-0.1, -0.05) is 23.7 Å². The average Bonchev–Trinajstić information content (AvgIpc) is 2.85. The van der Waals surface area contributed by atoms with Gasteiger partial charge in [-0.2, -0.15) is 0 Å². The monoisotopic (exact) mass is 253 g/mol. The first-order chi connectivity index (χ1) is 8.22. The van der Waals surface area contributed by atoms with Gasteiger partial charge in [0.1, 0.15) is 12.2 Å². The molecule has 1 N–H and O–H groups in total. The Morgan fingerprint density at radius 1 is 1.41 bits per heavy atom. The molecule has 1 fully saturated rings. The van der Waals surface area contributed by atoms with Crippen molar-refractivity contribution in [3.63, 3.8) is 0 Å². The number of halogens is 1. The molecule has 0 spiro atoms. The van der Waals surface area contributed by atoms with Crippen LogP contribution in [0.3, 0.4) is 0 Å². The summed E-state index contributed by atoms with van der Waals surface area (Å²) in [6.45, 7) is 1.23. The number of ether oxygens (including phenoxy) is 2. The first-order valence-electron chi connectivity index (χ1n) is 5.17. The Balaban J connectivity index is 2.43. The second-order valence-electron chi connectivity index (χ2n) is 3.48. The smallest absolute Gasteiger partial charge is 0.343 e. The number of carbonyl (C=O) groups is 1. The van der Waals surface area contributed by atoms with Crippen molar-refractivity contribution >= 4 is 23.1 Å². The number of hydrogen-bond acceptors (Lipinski definition) is 4. The Bertz CT molecular complexity index is 445. The van der Waals surface area contributed by atoms with Crippen molar-refractivity contribution in [3.8, 4) is 0 Å². The number of esters is 1. The molecule has 4 nitrogen and oxygen atoms in total. The lowest BCUT2D eigenvalue weighted by molar-refractivity contribution is -0.133. The fourth-order valence-electron chi connectivity index (χ4n) is 1.59.